The zero-order valence-corrected chi connectivity index (χ0v) is 20.7. The molecule has 0 radical (unpaired) electrons. The van der Waals surface area contributed by atoms with Gasteiger partial charge in [0.15, 0.2) is 5.76 Å². The molecule has 0 bridgehead atoms. The number of hydrogen-bond acceptors (Lipinski definition) is 7. The number of hydrogen-bond donors (Lipinski definition) is 3. The van der Waals surface area contributed by atoms with E-state index < -0.39 is 6.23 Å². The highest BCUT2D eigenvalue weighted by Crippen LogP contribution is 2.35. The van der Waals surface area contributed by atoms with Crippen LogP contribution < -0.4 is 5.32 Å². The second-order valence-corrected chi connectivity index (χ2v) is 9.23. The summed E-state index contributed by atoms with van der Waals surface area (Å²) in [7, 11) is 1.60. The Bertz CT molecular complexity index is 1580. The Labute approximate surface area is 217 Å². The van der Waals surface area contributed by atoms with Gasteiger partial charge in [-0.05, 0) is 66.7 Å². The number of nitrogens with one attached hydrogen (secondary N) is 1. The lowest BCUT2D eigenvalue weighted by Gasteiger charge is -2.11. The SMILES string of the molecule is CNC(=O)c1ccccc1Sc1ccc2c(/C=C/c3ccccn3)nn(C(O)c3ccc(CO)o3)c2c1. The molecule has 0 aliphatic rings. The summed E-state index contributed by atoms with van der Waals surface area (Å²) in [5, 5.41) is 28.7. The number of aliphatic hydroxyl groups excluding tert-OH is 2. The third-order valence-corrected chi connectivity index (χ3v) is 6.78. The number of rotatable bonds is 8. The average molecular weight is 513 g/mol. The number of pyridine rings is 1. The number of nitrogens with zero attached hydrogens (tertiary/aromatic N) is 3. The summed E-state index contributed by atoms with van der Waals surface area (Å²) >= 11 is 1.45. The van der Waals surface area contributed by atoms with E-state index in [-0.39, 0.29) is 18.3 Å². The largest absolute Gasteiger partial charge is 0.459 e. The number of carbonyl (C=O) groups is 1. The molecule has 186 valence electrons. The molecule has 0 aliphatic heterocycles. The van der Waals surface area contributed by atoms with Crippen LogP contribution in [0.25, 0.3) is 23.1 Å². The minimum Gasteiger partial charge on any atom is -0.459 e. The first-order valence-electron chi connectivity index (χ1n) is 11.5. The van der Waals surface area contributed by atoms with Gasteiger partial charge in [-0.15, -0.1) is 0 Å². The fourth-order valence-electron chi connectivity index (χ4n) is 3.90. The normalized spacial score (nSPS) is 12.3. The smallest absolute Gasteiger partial charge is 0.252 e. The Morgan fingerprint density at radius 3 is 2.70 bits per heavy atom. The van der Waals surface area contributed by atoms with E-state index in [0.717, 1.165) is 20.9 Å². The number of carbonyl (C=O) groups excluding carboxylic acids is 1. The Balaban J connectivity index is 1.58. The van der Waals surface area contributed by atoms with Crippen molar-refractivity contribution in [3.63, 3.8) is 0 Å². The third kappa shape index (κ3) is 5.19. The first-order valence-corrected chi connectivity index (χ1v) is 12.4. The molecule has 1 unspecified atom stereocenters. The standard InChI is InChI=1S/C28H24N4O4S/c1-29-27(34)22-7-2-3-8-26(22)37-20-11-12-21-23(13-9-18-6-4-5-15-30-18)31-32(24(21)16-20)28(35)25-14-10-19(17-33)36-25/h2-16,28,33,35H,17H2,1H3,(H,29,34)/b13-9+. The summed E-state index contributed by atoms with van der Waals surface area (Å²) in [4.78, 5) is 18.3. The van der Waals surface area contributed by atoms with Gasteiger partial charge < -0.3 is 19.9 Å². The summed E-state index contributed by atoms with van der Waals surface area (Å²) < 4.78 is 7.07. The van der Waals surface area contributed by atoms with Crippen molar-refractivity contribution in [3.8, 4) is 0 Å². The van der Waals surface area contributed by atoms with Gasteiger partial charge in [-0.25, -0.2) is 4.68 Å². The molecule has 1 amide bonds. The van der Waals surface area contributed by atoms with E-state index in [2.05, 4.69) is 15.4 Å². The van der Waals surface area contributed by atoms with Crippen LogP contribution in [-0.2, 0) is 6.61 Å². The summed E-state index contributed by atoms with van der Waals surface area (Å²) in [6.45, 7) is -0.268. The predicted molar refractivity (Wildman–Crippen MR) is 142 cm³/mol. The molecule has 2 aromatic carbocycles. The van der Waals surface area contributed by atoms with Crippen LogP contribution in [0.2, 0.25) is 0 Å². The van der Waals surface area contributed by atoms with Crippen LogP contribution in [0.5, 0.6) is 0 Å². The van der Waals surface area contributed by atoms with E-state index in [1.807, 2.05) is 66.7 Å². The van der Waals surface area contributed by atoms with Gasteiger partial charge in [-0.1, -0.05) is 30.0 Å². The zero-order chi connectivity index (χ0) is 25.8. The van der Waals surface area contributed by atoms with E-state index in [1.165, 1.54) is 16.4 Å². The van der Waals surface area contributed by atoms with E-state index in [4.69, 9.17) is 4.42 Å². The van der Waals surface area contributed by atoms with Gasteiger partial charge in [-0.2, -0.15) is 5.10 Å². The molecule has 37 heavy (non-hydrogen) atoms. The molecule has 8 nitrogen and oxygen atoms in total. The highest BCUT2D eigenvalue weighted by molar-refractivity contribution is 7.99. The third-order valence-electron chi connectivity index (χ3n) is 5.72. The molecule has 0 saturated carbocycles. The molecular weight excluding hydrogens is 488 g/mol. The number of fused-ring (bicyclic) bond motifs is 1. The van der Waals surface area contributed by atoms with Crippen LogP contribution in [0.1, 0.15) is 39.5 Å². The highest BCUT2D eigenvalue weighted by atomic mass is 32.2. The van der Waals surface area contributed by atoms with Crippen LogP contribution >= 0.6 is 11.8 Å². The van der Waals surface area contributed by atoms with Crippen molar-refractivity contribution in [1.29, 1.82) is 0 Å². The van der Waals surface area contributed by atoms with Crippen LogP contribution in [-0.4, -0.2) is 37.9 Å². The molecule has 0 spiro atoms. The fraction of sp³-hybridized carbons (Fsp3) is 0.107. The molecule has 0 fully saturated rings. The van der Waals surface area contributed by atoms with Crippen molar-refractivity contribution in [2.75, 3.05) is 7.05 Å². The maximum Gasteiger partial charge on any atom is 0.252 e. The summed E-state index contributed by atoms with van der Waals surface area (Å²) in [6, 6.07) is 22.1. The second kappa shape index (κ2) is 10.8. The Hall–Kier alpha value is -4.18. The van der Waals surface area contributed by atoms with E-state index in [1.54, 1.807) is 31.4 Å². The van der Waals surface area contributed by atoms with Gasteiger partial charge in [0.25, 0.3) is 5.91 Å². The topological polar surface area (TPSA) is 113 Å². The lowest BCUT2D eigenvalue weighted by Crippen LogP contribution is -2.18. The van der Waals surface area contributed by atoms with Gasteiger partial charge in [0, 0.05) is 28.4 Å². The number of amides is 1. The molecule has 0 saturated heterocycles. The van der Waals surface area contributed by atoms with Crippen molar-refractivity contribution in [2.45, 2.75) is 22.6 Å². The maximum absolute atomic E-state index is 12.3. The molecule has 1 atom stereocenters. The van der Waals surface area contributed by atoms with Gasteiger partial charge >= 0.3 is 0 Å². The first kappa shape index (κ1) is 24.5. The highest BCUT2D eigenvalue weighted by Gasteiger charge is 2.21. The van der Waals surface area contributed by atoms with Gasteiger partial charge in [0.2, 0.25) is 6.23 Å². The molecule has 0 aliphatic carbocycles. The second-order valence-electron chi connectivity index (χ2n) is 8.11. The molecule has 5 aromatic rings. The predicted octanol–water partition coefficient (Wildman–Crippen LogP) is 4.74. The van der Waals surface area contributed by atoms with Crippen molar-refractivity contribution in [3.05, 3.63) is 107 Å². The Kier molecular flexibility index (Phi) is 7.18. The Morgan fingerprint density at radius 2 is 1.95 bits per heavy atom. The zero-order valence-electron chi connectivity index (χ0n) is 19.9. The van der Waals surface area contributed by atoms with Crippen LogP contribution in [0.4, 0.5) is 0 Å². The van der Waals surface area contributed by atoms with Crippen LogP contribution in [0, 0.1) is 0 Å². The number of benzene rings is 2. The number of furan rings is 1. The first-order chi connectivity index (χ1) is 18.1. The lowest BCUT2D eigenvalue weighted by atomic mass is 10.2. The molecular formula is C28H24N4O4S. The summed E-state index contributed by atoms with van der Waals surface area (Å²) in [6.07, 6.45) is 4.22. The van der Waals surface area contributed by atoms with E-state index in [9.17, 15) is 15.0 Å². The van der Waals surface area contributed by atoms with Crippen molar-refractivity contribution in [2.24, 2.45) is 0 Å². The van der Waals surface area contributed by atoms with Crippen molar-refractivity contribution in [1.82, 2.24) is 20.1 Å². The fourth-order valence-corrected chi connectivity index (χ4v) is 4.87. The minimum atomic E-state index is -1.21. The molecule has 3 aromatic heterocycles. The lowest BCUT2D eigenvalue weighted by molar-refractivity contribution is 0.0960. The maximum atomic E-state index is 12.3. The molecule has 3 heterocycles. The number of aromatic nitrogens is 3. The molecule has 3 N–H and O–H groups in total. The van der Waals surface area contributed by atoms with Gasteiger partial charge in [0.05, 0.1) is 22.5 Å². The van der Waals surface area contributed by atoms with Crippen molar-refractivity contribution >= 4 is 40.7 Å². The van der Waals surface area contributed by atoms with E-state index >= 15 is 0 Å². The number of aliphatic hydroxyl groups is 2. The minimum absolute atomic E-state index is 0.163. The van der Waals surface area contributed by atoms with Gasteiger partial charge in [-0.3, -0.25) is 9.78 Å². The van der Waals surface area contributed by atoms with E-state index in [0.29, 0.717) is 22.5 Å². The van der Waals surface area contributed by atoms with Crippen LogP contribution in [0.15, 0.2) is 93.2 Å². The van der Waals surface area contributed by atoms with Crippen LogP contribution in [0.3, 0.4) is 0 Å². The summed E-state index contributed by atoms with van der Waals surface area (Å²) in [5.74, 6) is 0.448. The van der Waals surface area contributed by atoms with Crippen molar-refractivity contribution < 1.29 is 19.4 Å². The molecule has 5 rings (SSSR count). The average Bonchev–Trinajstić information content (AvgIpc) is 3.57. The summed E-state index contributed by atoms with van der Waals surface area (Å²) in [5.41, 5.74) is 2.69. The quantitative estimate of drug-likeness (QED) is 0.275. The Morgan fingerprint density at radius 1 is 1.11 bits per heavy atom. The monoisotopic (exact) mass is 512 g/mol. The molecule has 9 heteroatoms. The van der Waals surface area contributed by atoms with Gasteiger partial charge in [0.1, 0.15) is 12.4 Å².